The first-order valence-corrected chi connectivity index (χ1v) is 10.9. The van der Waals surface area contributed by atoms with Crippen LogP contribution in [0.2, 0.25) is 0 Å². The minimum atomic E-state index is -0.384. The summed E-state index contributed by atoms with van der Waals surface area (Å²) in [6.45, 7) is 6.40. The maximum atomic E-state index is 12.5. The number of aromatic nitrogens is 2. The highest BCUT2D eigenvalue weighted by molar-refractivity contribution is 6.00. The highest BCUT2D eigenvalue weighted by Gasteiger charge is 2.25. The molecular weight excluding hydrogens is 402 g/mol. The molecule has 1 aliphatic rings. The Morgan fingerprint density at radius 1 is 1.09 bits per heavy atom. The Morgan fingerprint density at radius 3 is 2.72 bits per heavy atom. The van der Waals surface area contributed by atoms with Crippen LogP contribution in [0.15, 0.2) is 60.9 Å². The van der Waals surface area contributed by atoms with Crippen LogP contribution < -0.4 is 15.4 Å². The smallest absolute Gasteiger partial charge is 0.324 e. The molecule has 1 saturated heterocycles. The summed E-state index contributed by atoms with van der Waals surface area (Å²) in [6.07, 6.45) is 5.41. The van der Waals surface area contributed by atoms with Crippen LogP contribution in [0.1, 0.15) is 29.7 Å². The standard InChI is InChI=1S/C25H29N5O2/c1-18-10-11-23(22(13-18)28-25(31)29-24-15-26-19(2)14-27-24)32-17-21-9-6-12-30(21)16-20-7-4-3-5-8-20/h3-5,7-8,10-11,13-15,21H,6,9,12,16-17H2,1-2H3,(H2,27,28,29,31)/t21-/m0/s1. The predicted molar refractivity (Wildman–Crippen MR) is 126 cm³/mol. The molecule has 0 aliphatic carbocycles. The van der Waals surface area contributed by atoms with Crippen molar-refractivity contribution in [2.45, 2.75) is 39.3 Å². The lowest BCUT2D eigenvalue weighted by Gasteiger charge is -2.25. The molecule has 4 rings (SSSR count). The van der Waals surface area contributed by atoms with Gasteiger partial charge in [-0.15, -0.1) is 0 Å². The summed E-state index contributed by atoms with van der Waals surface area (Å²) in [5, 5.41) is 5.59. The molecule has 3 aromatic rings. The lowest BCUT2D eigenvalue weighted by atomic mass is 10.2. The minimum Gasteiger partial charge on any atom is -0.490 e. The van der Waals surface area contributed by atoms with E-state index in [2.05, 4.69) is 49.8 Å². The van der Waals surface area contributed by atoms with E-state index in [-0.39, 0.29) is 6.03 Å². The van der Waals surface area contributed by atoms with Gasteiger partial charge in [-0.05, 0) is 56.5 Å². The van der Waals surface area contributed by atoms with Crippen molar-refractivity contribution in [1.29, 1.82) is 0 Å². The Balaban J connectivity index is 1.38. The second-order valence-corrected chi connectivity index (χ2v) is 8.18. The molecule has 2 heterocycles. The van der Waals surface area contributed by atoms with E-state index in [1.54, 1.807) is 6.20 Å². The van der Waals surface area contributed by atoms with Crippen LogP contribution in [0.25, 0.3) is 0 Å². The van der Waals surface area contributed by atoms with Crippen molar-refractivity contribution in [3.8, 4) is 5.75 Å². The van der Waals surface area contributed by atoms with Crippen molar-refractivity contribution in [2.24, 2.45) is 0 Å². The lowest BCUT2D eigenvalue weighted by molar-refractivity contribution is 0.167. The van der Waals surface area contributed by atoms with Crippen molar-refractivity contribution in [2.75, 3.05) is 23.8 Å². The van der Waals surface area contributed by atoms with E-state index < -0.39 is 0 Å². The fraction of sp³-hybridized carbons (Fsp3) is 0.320. The molecule has 2 N–H and O–H groups in total. The molecule has 7 nitrogen and oxygen atoms in total. The second kappa shape index (κ2) is 10.2. The Morgan fingerprint density at radius 2 is 1.94 bits per heavy atom. The molecule has 0 unspecified atom stereocenters. The Kier molecular flexibility index (Phi) is 6.97. The Bertz CT molecular complexity index is 1040. The number of carbonyl (C=O) groups is 1. The summed E-state index contributed by atoms with van der Waals surface area (Å²) in [7, 11) is 0. The van der Waals surface area contributed by atoms with Crippen molar-refractivity contribution >= 4 is 17.5 Å². The summed E-state index contributed by atoms with van der Waals surface area (Å²) in [5.41, 5.74) is 3.77. The van der Waals surface area contributed by atoms with E-state index in [1.807, 2.05) is 38.1 Å². The van der Waals surface area contributed by atoms with Gasteiger partial charge in [0.2, 0.25) is 0 Å². The monoisotopic (exact) mass is 431 g/mol. The van der Waals surface area contributed by atoms with E-state index >= 15 is 0 Å². The third-order valence-electron chi connectivity index (χ3n) is 5.56. The number of hydrogen-bond acceptors (Lipinski definition) is 5. The lowest BCUT2D eigenvalue weighted by Crippen LogP contribution is -2.33. The van der Waals surface area contributed by atoms with Gasteiger partial charge in [0.25, 0.3) is 0 Å². The average Bonchev–Trinajstić information content (AvgIpc) is 3.22. The third kappa shape index (κ3) is 5.82. The van der Waals surface area contributed by atoms with Gasteiger partial charge < -0.3 is 10.1 Å². The molecule has 1 atom stereocenters. The van der Waals surface area contributed by atoms with Gasteiger partial charge >= 0.3 is 6.03 Å². The maximum Gasteiger partial charge on any atom is 0.324 e. The van der Waals surface area contributed by atoms with Crippen LogP contribution in [0.5, 0.6) is 5.75 Å². The molecule has 1 fully saturated rings. The van der Waals surface area contributed by atoms with Crippen molar-refractivity contribution in [3.05, 3.63) is 77.7 Å². The fourth-order valence-electron chi connectivity index (χ4n) is 3.89. The largest absolute Gasteiger partial charge is 0.490 e. The molecule has 0 spiro atoms. The van der Waals surface area contributed by atoms with E-state index in [0.717, 1.165) is 30.8 Å². The van der Waals surface area contributed by atoms with Crippen LogP contribution >= 0.6 is 0 Å². The summed E-state index contributed by atoms with van der Waals surface area (Å²) in [4.78, 5) is 23.3. The molecule has 32 heavy (non-hydrogen) atoms. The van der Waals surface area contributed by atoms with Gasteiger partial charge in [0.15, 0.2) is 5.82 Å². The Labute approximate surface area is 188 Å². The number of carbonyl (C=O) groups excluding carboxylic acids is 1. The van der Waals surface area contributed by atoms with Crippen LogP contribution in [-0.2, 0) is 6.54 Å². The normalized spacial score (nSPS) is 16.0. The molecule has 1 aromatic heterocycles. The molecule has 2 amide bonds. The number of benzene rings is 2. The van der Waals surface area contributed by atoms with Gasteiger partial charge in [-0.25, -0.2) is 9.78 Å². The van der Waals surface area contributed by atoms with Gasteiger partial charge in [0, 0.05) is 12.6 Å². The number of nitrogens with one attached hydrogen (secondary N) is 2. The summed E-state index contributed by atoms with van der Waals surface area (Å²) in [5.74, 6) is 1.05. The number of ether oxygens (including phenoxy) is 1. The predicted octanol–water partition coefficient (Wildman–Crippen LogP) is 4.78. The maximum absolute atomic E-state index is 12.5. The molecule has 0 saturated carbocycles. The molecule has 0 radical (unpaired) electrons. The quantitative estimate of drug-likeness (QED) is 0.563. The molecular formula is C25H29N5O2. The summed E-state index contributed by atoms with van der Waals surface area (Å²) in [6, 6.07) is 16.3. The first kappa shape index (κ1) is 21.8. The highest BCUT2D eigenvalue weighted by atomic mass is 16.5. The summed E-state index contributed by atoms with van der Waals surface area (Å²) >= 11 is 0. The summed E-state index contributed by atoms with van der Waals surface area (Å²) < 4.78 is 6.20. The van der Waals surface area contributed by atoms with Gasteiger partial charge in [-0.2, -0.15) is 0 Å². The fourth-order valence-corrected chi connectivity index (χ4v) is 3.89. The molecule has 1 aliphatic heterocycles. The number of nitrogens with zero attached hydrogens (tertiary/aromatic N) is 3. The zero-order chi connectivity index (χ0) is 22.3. The number of amides is 2. The van der Waals surface area contributed by atoms with E-state index in [4.69, 9.17) is 4.74 Å². The number of aryl methyl sites for hydroxylation is 2. The minimum absolute atomic E-state index is 0.348. The SMILES string of the molecule is Cc1ccc(OC[C@@H]2CCCN2Cc2ccccc2)c(NC(=O)Nc2cnc(C)cn2)c1. The highest BCUT2D eigenvalue weighted by Crippen LogP contribution is 2.28. The topological polar surface area (TPSA) is 79.4 Å². The van der Waals surface area contributed by atoms with Gasteiger partial charge in [-0.1, -0.05) is 36.4 Å². The molecule has 166 valence electrons. The van der Waals surface area contributed by atoms with Crippen LogP contribution in [0.4, 0.5) is 16.3 Å². The Hall–Kier alpha value is -3.45. The van der Waals surface area contributed by atoms with Crippen molar-refractivity contribution in [1.82, 2.24) is 14.9 Å². The first-order chi connectivity index (χ1) is 15.6. The van der Waals surface area contributed by atoms with Gasteiger partial charge in [-0.3, -0.25) is 15.2 Å². The van der Waals surface area contributed by atoms with Gasteiger partial charge in [0.1, 0.15) is 12.4 Å². The van der Waals surface area contributed by atoms with Crippen LogP contribution in [-0.4, -0.2) is 40.1 Å². The third-order valence-corrected chi connectivity index (χ3v) is 5.56. The average molecular weight is 432 g/mol. The molecule has 7 heteroatoms. The number of likely N-dealkylation sites (tertiary alicyclic amines) is 1. The second-order valence-electron chi connectivity index (χ2n) is 8.18. The zero-order valence-electron chi connectivity index (χ0n) is 18.5. The first-order valence-electron chi connectivity index (χ1n) is 10.9. The van der Waals surface area contributed by atoms with E-state index in [1.165, 1.54) is 18.2 Å². The van der Waals surface area contributed by atoms with Crippen LogP contribution in [0.3, 0.4) is 0 Å². The number of hydrogen-bond donors (Lipinski definition) is 2. The van der Waals surface area contributed by atoms with E-state index in [9.17, 15) is 4.79 Å². The van der Waals surface area contributed by atoms with E-state index in [0.29, 0.717) is 29.9 Å². The van der Waals surface area contributed by atoms with Gasteiger partial charge in [0.05, 0.1) is 23.8 Å². The molecule has 2 aromatic carbocycles. The van der Waals surface area contributed by atoms with Crippen molar-refractivity contribution < 1.29 is 9.53 Å². The van der Waals surface area contributed by atoms with Crippen molar-refractivity contribution in [3.63, 3.8) is 0 Å². The van der Waals surface area contributed by atoms with Crippen LogP contribution in [0, 0.1) is 13.8 Å². The number of rotatable bonds is 7. The zero-order valence-corrected chi connectivity index (χ0v) is 18.5. The molecule has 0 bridgehead atoms. The number of anilines is 2. The number of urea groups is 1.